The number of hydrogen-bond donors (Lipinski definition) is 2. The van der Waals surface area contributed by atoms with Crippen molar-refractivity contribution in [1.29, 1.82) is 0 Å². The molecule has 0 amide bonds. The van der Waals surface area contributed by atoms with Gasteiger partial charge in [0.15, 0.2) is 0 Å². The van der Waals surface area contributed by atoms with Gasteiger partial charge in [0.1, 0.15) is 22.5 Å². The second-order valence-electron chi connectivity index (χ2n) is 5.00. The number of nitrogens with zero attached hydrogens (tertiary/aromatic N) is 2. The predicted molar refractivity (Wildman–Crippen MR) is 85.7 cm³/mol. The van der Waals surface area contributed by atoms with Crippen molar-refractivity contribution in [1.82, 2.24) is 9.97 Å². The first-order chi connectivity index (χ1) is 11.5. The first-order valence-corrected chi connectivity index (χ1v) is 7.06. The monoisotopic (exact) mass is 384 g/mol. The van der Waals surface area contributed by atoms with Crippen molar-refractivity contribution < 1.29 is 39.9 Å². The van der Waals surface area contributed by atoms with Gasteiger partial charge in [-0.25, -0.2) is 0 Å². The van der Waals surface area contributed by atoms with E-state index in [9.17, 15) is 20.4 Å². The molecule has 0 aliphatic rings. The second-order valence-corrected chi connectivity index (χ2v) is 5.00. The molecular formula is C18H12N2O4Zn. The minimum Gasteiger partial charge on any atom is -0.859 e. The van der Waals surface area contributed by atoms with Crippen LogP contribution in [0.4, 0.5) is 0 Å². The molecule has 0 spiro atoms. The third kappa shape index (κ3) is 4.14. The molecule has 0 aliphatic carbocycles. The number of benzene rings is 2. The first-order valence-electron chi connectivity index (χ1n) is 7.06. The van der Waals surface area contributed by atoms with E-state index in [1.165, 1.54) is 24.3 Å². The second kappa shape index (κ2) is 7.77. The number of phenols is 2. The predicted octanol–water partition coefficient (Wildman–Crippen LogP) is 2.03. The van der Waals surface area contributed by atoms with Crippen molar-refractivity contribution >= 4 is 21.8 Å². The minimum absolute atomic E-state index is 0. The summed E-state index contributed by atoms with van der Waals surface area (Å²) in [5.41, 5.74) is 0.731. The van der Waals surface area contributed by atoms with Crippen molar-refractivity contribution in [3.8, 4) is 23.3 Å². The van der Waals surface area contributed by atoms with Crippen molar-refractivity contribution in [2.75, 3.05) is 0 Å². The zero-order chi connectivity index (χ0) is 17.1. The third-order valence-corrected chi connectivity index (χ3v) is 3.35. The Morgan fingerprint density at radius 1 is 0.600 bits per heavy atom. The van der Waals surface area contributed by atoms with Crippen LogP contribution in [0.1, 0.15) is 0 Å². The van der Waals surface area contributed by atoms with E-state index in [0.717, 1.165) is 10.8 Å². The van der Waals surface area contributed by atoms with E-state index in [1.54, 1.807) is 36.4 Å². The van der Waals surface area contributed by atoms with Gasteiger partial charge >= 0.3 is 19.5 Å². The van der Waals surface area contributed by atoms with Crippen molar-refractivity contribution in [3.63, 3.8) is 0 Å². The van der Waals surface area contributed by atoms with Crippen LogP contribution < -0.4 is 10.2 Å². The number of phenolic OH excluding ortho intramolecular Hbond substituents is 2. The Kier molecular flexibility index (Phi) is 5.73. The summed E-state index contributed by atoms with van der Waals surface area (Å²) in [4.78, 5) is 7.34. The molecule has 25 heavy (non-hydrogen) atoms. The van der Waals surface area contributed by atoms with Crippen LogP contribution in [0.15, 0.2) is 60.7 Å². The molecule has 0 saturated heterocycles. The third-order valence-electron chi connectivity index (χ3n) is 3.35. The summed E-state index contributed by atoms with van der Waals surface area (Å²) in [5.74, 6) is -0.566. The molecule has 0 aliphatic heterocycles. The van der Waals surface area contributed by atoms with Crippen LogP contribution in [-0.2, 0) is 19.5 Å². The van der Waals surface area contributed by atoms with Gasteiger partial charge in [0.2, 0.25) is 0 Å². The van der Waals surface area contributed by atoms with Crippen molar-refractivity contribution in [2.24, 2.45) is 0 Å². The summed E-state index contributed by atoms with van der Waals surface area (Å²) in [6, 6.07) is 16.1. The molecule has 4 rings (SSSR count). The maximum Gasteiger partial charge on any atom is 2.00 e. The van der Waals surface area contributed by atoms with Crippen LogP contribution in [0.3, 0.4) is 0 Å². The number of aromatic nitrogens is 2. The van der Waals surface area contributed by atoms with E-state index in [1.807, 2.05) is 0 Å². The Balaban J connectivity index is 0.000000173. The molecule has 0 unspecified atom stereocenters. The minimum atomic E-state index is -0.330. The summed E-state index contributed by atoms with van der Waals surface area (Å²) in [5, 5.41) is 41.8. The topological polar surface area (TPSA) is 112 Å². The summed E-state index contributed by atoms with van der Waals surface area (Å²) >= 11 is 0. The van der Waals surface area contributed by atoms with Crippen LogP contribution in [0.2, 0.25) is 0 Å². The van der Waals surface area contributed by atoms with Gasteiger partial charge in [0, 0.05) is 10.8 Å². The van der Waals surface area contributed by atoms with Crippen LogP contribution in [-0.4, -0.2) is 20.2 Å². The Bertz CT molecular complexity index is 941. The molecule has 120 valence electrons. The molecule has 6 nitrogen and oxygen atoms in total. The van der Waals surface area contributed by atoms with Crippen LogP contribution in [0.25, 0.3) is 21.8 Å². The van der Waals surface area contributed by atoms with Gasteiger partial charge < -0.3 is 20.4 Å². The summed E-state index contributed by atoms with van der Waals surface area (Å²) in [6.07, 6.45) is 0. The Labute approximate surface area is 155 Å². The molecule has 2 aromatic carbocycles. The quantitative estimate of drug-likeness (QED) is 0.448. The summed E-state index contributed by atoms with van der Waals surface area (Å²) in [6.45, 7) is 0. The number of fused-ring (bicyclic) bond motifs is 2. The fourth-order valence-electron chi connectivity index (χ4n) is 2.23. The maximum absolute atomic E-state index is 10.8. The normalized spacial score (nSPS) is 9.92. The van der Waals surface area contributed by atoms with Crippen molar-refractivity contribution in [3.05, 3.63) is 60.7 Å². The molecule has 7 heteroatoms. The maximum atomic E-state index is 10.8. The number of hydrogen-bond acceptors (Lipinski definition) is 6. The Morgan fingerprint density at radius 3 is 1.40 bits per heavy atom. The van der Waals surface area contributed by atoms with E-state index in [4.69, 9.17) is 0 Å². The van der Waals surface area contributed by atoms with Crippen LogP contribution in [0.5, 0.6) is 23.3 Å². The molecule has 2 aromatic heterocycles. The molecule has 4 aromatic rings. The van der Waals surface area contributed by atoms with Gasteiger partial charge in [-0.3, -0.25) is 9.97 Å². The molecule has 0 radical (unpaired) electrons. The van der Waals surface area contributed by atoms with Crippen LogP contribution in [0, 0.1) is 0 Å². The van der Waals surface area contributed by atoms with Gasteiger partial charge in [0.05, 0.1) is 0 Å². The average molecular weight is 386 g/mol. The number of para-hydroxylation sites is 2. The van der Waals surface area contributed by atoms with Gasteiger partial charge in [-0.15, -0.1) is 0 Å². The van der Waals surface area contributed by atoms with Crippen LogP contribution >= 0.6 is 0 Å². The average Bonchev–Trinajstić information content (AvgIpc) is 2.57. The zero-order valence-corrected chi connectivity index (χ0v) is 16.1. The van der Waals surface area contributed by atoms with E-state index < -0.39 is 0 Å². The molecule has 0 fully saturated rings. The van der Waals surface area contributed by atoms with E-state index in [2.05, 4.69) is 9.97 Å². The largest absolute Gasteiger partial charge is 2.00 e. The number of aromatic hydroxyl groups is 2. The SMILES string of the molecule is [O-]c1ccc2cccc(O)c2n1.[O-]c1ccc2cccc(O)c2n1.[Zn+2]. The van der Waals surface area contributed by atoms with Gasteiger partial charge in [-0.1, -0.05) is 48.5 Å². The Morgan fingerprint density at radius 2 is 1.00 bits per heavy atom. The molecule has 0 saturated carbocycles. The fourth-order valence-corrected chi connectivity index (χ4v) is 2.23. The summed E-state index contributed by atoms with van der Waals surface area (Å²) < 4.78 is 0. The molecule has 0 bridgehead atoms. The number of pyridine rings is 2. The molecule has 2 heterocycles. The Hall–Kier alpha value is -2.92. The van der Waals surface area contributed by atoms with Crippen molar-refractivity contribution in [2.45, 2.75) is 0 Å². The van der Waals surface area contributed by atoms with Gasteiger partial charge in [-0.05, 0) is 23.9 Å². The fraction of sp³-hybridized carbons (Fsp3) is 0. The molecular weight excluding hydrogens is 374 g/mol. The van der Waals surface area contributed by atoms with E-state index in [-0.39, 0.29) is 42.7 Å². The van der Waals surface area contributed by atoms with E-state index >= 15 is 0 Å². The first kappa shape index (κ1) is 18.4. The molecule has 2 N–H and O–H groups in total. The smallest absolute Gasteiger partial charge is 0.859 e. The zero-order valence-electron chi connectivity index (χ0n) is 13.1. The standard InChI is InChI=1S/2C9H7NO2.Zn/c2*11-7-3-1-2-6-4-5-8(12)10-9(6)7;/h2*1-5,11H,(H,10,12);/q;;+2/p-2. The van der Waals surface area contributed by atoms with Gasteiger partial charge in [-0.2, -0.15) is 0 Å². The number of rotatable bonds is 0. The van der Waals surface area contributed by atoms with Gasteiger partial charge in [0.25, 0.3) is 0 Å². The molecule has 0 atom stereocenters. The summed E-state index contributed by atoms with van der Waals surface area (Å²) in [7, 11) is 0. The van der Waals surface area contributed by atoms with E-state index in [0.29, 0.717) is 11.0 Å².